The van der Waals surface area contributed by atoms with E-state index in [1.54, 1.807) is 0 Å². The summed E-state index contributed by atoms with van der Waals surface area (Å²) in [5.74, 6) is 0.148. The summed E-state index contributed by atoms with van der Waals surface area (Å²) >= 11 is 0. The lowest BCUT2D eigenvalue weighted by atomic mass is 10.7. The first-order chi connectivity index (χ1) is 6.70. The van der Waals surface area contributed by atoms with Gasteiger partial charge in [0.1, 0.15) is 0 Å². The van der Waals surface area contributed by atoms with E-state index in [4.69, 9.17) is 5.41 Å². The molecule has 0 unspecified atom stereocenters. The predicted molar refractivity (Wildman–Crippen MR) is 42.6 cm³/mol. The maximum Gasteiger partial charge on any atom is 0.248 e. The van der Waals surface area contributed by atoms with Crippen molar-refractivity contribution in [2.24, 2.45) is 52.8 Å². The SMILES string of the molecule is N1=NC(=C2N=NN=N2)N=N1.N=C(N)N. The zero-order valence-electron chi connectivity index (χ0n) is 6.73. The van der Waals surface area contributed by atoms with Crippen LogP contribution in [0.25, 0.3) is 0 Å². The van der Waals surface area contributed by atoms with E-state index in [2.05, 4.69) is 52.8 Å². The molecule has 0 aromatic rings. The Hall–Kier alpha value is -2.59. The van der Waals surface area contributed by atoms with Crippen LogP contribution < -0.4 is 11.5 Å². The Morgan fingerprint density at radius 1 is 0.786 bits per heavy atom. The second-order valence-corrected chi connectivity index (χ2v) is 1.86. The van der Waals surface area contributed by atoms with Crippen molar-refractivity contribution in [2.75, 3.05) is 0 Å². The average molecular weight is 195 g/mol. The van der Waals surface area contributed by atoms with Gasteiger partial charge in [-0.25, -0.2) is 0 Å². The molecule has 0 aliphatic carbocycles. The molecule has 14 heavy (non-hydrogen) atoms. The highest BCUT2D eigenvalue weighted by Crippen LogP contribution is 2.19. The number of hydrogen-bond donors (Lipinski definition) is 3. The lowest BCUT2D eigenvalue weighted by Gasteiger charge is -1.79. The van der Waals surface area contributed by atoms with E-state index >= 15 is 0 Å². The lowest BCUT2D eigenvalue weighted by Crippen LogP contribution is -2.20. The molecule has 5 N–H and O–H groups in total. The van der Waals surface area contributed by atoms with Gasteiger partial charge in [-0.15, -0.1) is 20.5 Å². The molecule has 0 aromatic carbocycles. The molecule has 0 aromatic heterocycles. The minimum Gasteiger partial charge on any atom is -0.370 e. The van der Waals surface area contributed by atoms with Crippen LogP contribution in [-0.2, 0) is 0 Å². The Morgan fingerprint density at radius 3 is 1.21 bits per heavy atom. The second kappa shape index (κ2) is 4.44. The highest BCUT2D eigenvalue weighted by Gasteiger charge is 2.10. The van der Waals surface area contributed by atoms with Gasteiger partial charge < -0.3 is 11.5 Å². The van der Waals surface area contributed by atoms with Crippen LogP contribution in [0.4, 0.5) is 0 Å². The van der Waals surface area contributed by atoms with Crippen molar-refractivity contribution >= 4 is 5.96 Å². The first kappa shape index (κ1) is 9.50. The van der Waals surface area contributed by atoms with Gasteiger partial charge in [-0.2, -0.15) is 0 Å². The van der Waals surface area contributed by atoms with Gasteiger partial charge in [0.15, 0.2) is 5.96 Å². The van der Waals surface area contributed by atoms with Crippen molar-refractivity contribution in [1.29, 1.82) is 5.41 Å². The Kier molecular flexibility index (Phi) is 3.01. The maximum absolute atomic E-state index is 6.06. The number of nitrogens with one attached hydrogen (secondary N) is 1. The standard InChI is InChI=1S/C2N8.CH5N3/c3-1(4-8-7-3)2-5-9-10-6-2;2-1(3)4/h;(H5,2,3,4). The molecule has 2 aliphatic heterocycles. The summed E-state index contributed by atoms with van der Waals surface area (Å²) < 4.78 is 0. The zero-order valence-corrected chi connectivity index (χ0v) is 6.73. The van der Waals surface area contributed by atoms with Crippen molar-refractivity contribution in [2.45, 2.75) is 0 Å². The summed E-state index contributed by atoms with van der Waals surface area (Å²) in [6.07, 6.45) is 0. The smallest absolute Gasteiger partial charge is 0.248 e. The number of guanidine groups is 1. The molecule has 0 amide bonds. The fourth-order valence-corrected chi connectivity index (χ4v) is 0.468. The third-order valence-electron chi connectivity index (χ3n) is 0.838. The molecular formula is C3H5N11. The van der Waals surface area contributed by atoms with Gasteiger partial charge in [-0.05, 0) is 20.9 Å². The fourth-order valence-electron chi connectivity index (χ4n) is 0.468. The van der Waals surface area contributed by atoms with E-state index in [1.807, 2.05) is 0 Å². The van der Waals surface area contributed by atoms with E-state index < -0.39 is 0 Å². The first-order valence-electron chi connectivity index (χ1n) is 3.17. The van der Waals surface area contributed by atoms with Crippen molar-refractivity contribution in [3.05, 3.63) is 11.6 Å². The number of hydrogen-bond acceptors (Lipinski definition) is 9. The highest BCUT2D eigenvalue weighted by molar-refractivity contribution is 5.71. The van der Waals surface area contributed by atoms with Gasteiger partial charge in [0.2, 0.25) is 11.6 Å². The number of rotatable bonds is 0. The maximum atomic E-state index is 6.06. The highest BCUT2D eigenvalue weighted by atomic mass is 15.6. The van der Waals surface area contributed by atoms with Crippen molar-refractivity contribution in [3.63, 3.8) is 0 Å². The summed E-state index contributed by atoms with van der Waals surface area (Å²) in [5.41, 5.74) is 8.94. The molecule has 0 atom stereocenters. The van der Waals surface area contributed by atoms with Crippen molar-refractivity contribution in [3.8, 4) is 0 Å². The van der Waals surface area contributed by atoms with Crippen LogP contribution in [0.5, 0.6) is 0 Å². The quantitative estimate of drug-likeness (QED) is 0.379. The van der Waals surface area contributed by atoms with Gasteiger partial charge in [0.05, 0.1) is 0 Å². The third-order valence-corrected chi connectivity index (χ3v) is 0.838. The normalized spacial score (nSPS) is 16.0. The zero-order chi connectivity index (χ0) is 10.4. The van der Waals surface area contributed by atoms with E-state index in [0.29, 0.717) is 0 Å². The largest absolute Gasteiger partial charge is 0.370 e. The Morgan fingerprint density at radius 2 is 1.00 bits per heavy atom. The van der Waals surface area contributed by atoms with Gasteiger partial charge in [0.25, 0.3) is 0 Å². The summed E-state index contributed by atoms with van der Waals surface area (Å²) in [4.78, 5) is 0. The summed E-state index contributed by atoms with van der Waals surface area (Å²) in [5, 5.41) is 32.9. The van der Waals surface area contributed by atoms with Gasteiger partial charge >= 0.3 is 0 Å². The molecule has 2 heterocycles. The molecule has 0 spiro atoms. The Balaban J connectivity index is 0.000000213. The monoisotopic (exact) mass is 195 g/mol. The second-order valence-electron chi connectivity index (χ2n) is 1.86. The number of nitrogens with zero attached hydrogens (tertiary/aromatic N) is 8. The lowest BCUT2D eigenvalue weighted by molar-refractivity contribution is 1.06. The first-order valence-corrected chi connectivity index (χ1v) is 3.17. The molecule has 0 radical (unpaired) electrons. The Bertz CT molecular complexity index is 306. The minimum atomic E-state index is -0.333. The molecule has 2 aliphatic rings. The molecule has 2 rings (SSSR count). The van der Waals surface area contributed by atoms with Crippen molar-refractivity contribution in [1.82, 2.24) is 0 Å². The van der Waals surface area contributed by atoms with Crippen LogP contribution in [0, 0.1) is 5.41 Å². The summed E-state index contributed by atoms with van der Waals surface area (Å²) in [6, 6.07) is 0. The predicted octanol–water partition coefficient (Wildman–Crippen LogP) is 0.618. The van der Waals surface area contributed by atoms with Gasteiger partial charge in [0, 0.05) is 0 Å². The van der Waals surface area contributed by atoms with Gasteiger partial charge in [-0.1, -0.05) is 0 Å². The van der Waals surface area contributed by atoms with Crippen LogP contribution in [0.15, 0.2) is 53.0 Å². The van der Waals surface area contributed by atoms with E-state index in [-0.39, 0.29) is 17.6 Å². The third kappa shape index (κ3) is 2.80. The van der Waals surface area contributed by atoms with Crippen molar-refractivity contribution < 1.29 is 0 Å². The minimum absolute atomic E-state index is 0.241. The average Bonchev–Trinajstić information content (AvgIpc) is 2.76. The number of nitrogens with two attached hydrogens (primary N) is 2. The molecule has 0 saturated carbocycles. The molecule has 0 saturated heterocycles. The topological polar surface area (TPSA) is 175 Å². The van der Waals surface area contributed by atoms with E-state index in [0.717, 1.165) is 0 Å². The molecule has 72 valence electrons. The van der Waals surface area contributed by atoms with Crippen LogP contribution in [0.1, 0.15) is 0 Å². The summed E-state index contributed by atoms with van der Waals surface area (Å²) in [7, 11) is 0. The van der Waals surface area contributed by atoms with Crippen LogP contribution in [0.2, 0.25) is 0 Å². The Labute approximate surface area is 76.9 Å². The molecule has 11 nitrogen and oxygen atoms in total. The van der Waals surface area contributed by atoms with Crippen LogP contribution in [0.3, 0.4) is 0 Å². The van der Waals surface area contributed by atoms with Crippen LogP contribution in [-0.4, -0.2) is 5.96 Å². The molecule has 11 heteroatoms. The molecule has 0 fully saturated rings. The fraction of sp³-hybridized carbons (Fsp3) is 0. The molecular weight excluding hydrogens is 190 g/mol. The molecule has 0 bridgehead atoms. The summed E-state index contributed by atoms with van der Waals surface area (Å²) in [6.45, 7) is 0. The van der Waals surface area contributed by atoms with Crippen LogP contribution >= 0.6 is 0 Å². The van der Waals surface area contributed by atoms with E-state index in [1.165, 1.54) is 0 Å². The van der Waals surface area contributed by atoms with Gasteiger partial charge in [-0.3, -0.25) is 5.41 Å². The van der Waals surface area contributed by atoms with E-state index in [9.17, 15) is 0 Å².